The molecule has 1 atom stereocenters. The van der Waals surface area contributed by atoms with E-state index in [2.05, 4.69) is 15.5 Å². The Kier molecular flexibility index (Phi) is 5.06. The van der Waals surface area contributed by atoms with Crippen molar-refractivity contribution < 1.29 is 13.2 Å². The lowest BCUT2D eigenvalue weighted by atomic mass is 10.3. The van der Waals surface area contributed by atoms with Crippen LogP contribution in [0.1, 0.15) is 23.7 Å². The number of aromatic nitrogens is 4. The van der Waals surface area contributed by atoms with Crippen molar-refractivity contribution in [1.82, 2.24) is 19.6 Å². The van der Waals surface area contributed by atoms with Gasteiger partial charge in [-0.25, -0.2) is 17.8 Å². The molecule has 0 bridgehead atoms. The second kappa shape index (κ2) is 7.67. The molecule has 1 unspecified atom stereocenters. The third-order valence-electron chi connectivity index (χ3n) is 4.71. The Bertz CT molecular complexity index is 1160. The average Bonchev–Trinajstić information content (AvgIpc) is 3.39. The summed E-state index contributed by atoms with van der Waals surface area (Å²) >= 11 is 0. The highest BCUT2D eigenvalue weighted by molar-refractivity contribution is 7.91. The standard InChI is InChI=1S/C20H21N5O3S/c1-15-11-19(25(23-15)18-9-10-29(27,28)14-18)22-20(26)8-7-16-12-21-24(13-16)17-5-3-2-4-6-17/h2-8,11-13,18H,9-10,14H2,1H3,(H,22,26). The minimum Gasteiger partial charge on any atom is -0.307 e. The topological polar surface area (TPSA) is 98.9 Å². The van der Waals surface area contributed by atoms with Gasteiger partial charge in [0.15, 0.2) is 9.84 Å². The molecule has 1 amide bonds. The number of rotatable bonds is 5. The smallest absolute Gasteiger partial charge is 0.249 e. The van der Waals surface area contributed by atoms with E-state index in [1.165, 1.54) is 6.08 Å². The predicted octanol–water partition coefficient (Wildman–Crippen LogP) is 2.39. The summed E-state index contributed by atoms with van der Waals surface area (Å²) in [6.45, 7) is 1.81. The molecule has 0 radical (unpaired) electrons. The van der Waals surface area contributed by atoms with E-state index in [0.717, 1.165) is 16.9 Å². The lowest BCUT2D eigenvalue weighted by molar-refractivity contribution is -0.111. The summed E-state index contributed by atoms with van der Waals surface area (Å²) in [5.74, 6) is 0.375. The normalized spacial score (nSPS) is 18.3. The Hall–Kier alpha value is -3.20. The fraction of sp³-hybridized carbons (Fsp3) is 0.250. The molecule has 0 spiro atoms. The zero-order valence-corrected chi connectivity index (χ0v) is 16.7. The maximum atomic E-state index is 12.4. The summed E-state index contributed by atoms with van der Waals surface area (Å²) in [6, 6.07) is 11.2. The van der Waals surface area contributed by atoms with Crippen molar-refractivity contribution in [2.45, 2.75) is 19.4 Å². The molecule has 8 nitrogen and oxygen atoms in total. The van der Waals surface area contributed by atoms with Gasteiger partial charge in [0.1, 0.15) is 5.82 Å². The number of sulfone groups is 1. The quantitative estimate of drug-likeness (QED) is 0.650. The van der Waals surface area contributed by atoms with E-state index >= 15 is 0 Å². The summed E-state index contributed by atoms with van der Waals surface area (Å²) in [5.41, 5.74) is 2.44. The molecule has 0 aliphatic carbocycles. The van der Waals surface area contributed by atoms with Crippen molar-refractivity contribution >= 4 is 27.6 Å². The van der Waals surface area contributed by atoms with Gasteiger partial charge in [-0.15, -0.1) is 0 Å². The molecule has 4 rings (SSSR count). The number of hydrogen-bond acceptors (Lipinski definition) is 5. The van der Waals surface area contributed by atoms with Crippen LogP contribution in [-0.4, -0.2) is 45.4 Å². The maximum Gasteiger partial charge on any atom is 0.249 e. The van der Waals surface area contributed by atoms with Crippen molar-refractivity contribution in [2.75, 3.05) is 16.8 Å². The summed E-state index contributed by atoms with van der Waals surface area (Å²) in [6.07, 6.45) is 7.10. The molecule has 2 aromatic heterocycles. The van der Waals surface area contributed by atoms with Crippen LogP contribution in [0, 0.1) is 6.92 Å². The molecule has 1 aliphatic heterocycles. The number of carbonyl (C=O) groups excluding carboxylic acids is 1. The highest BCUT2D eigenvalue weighted by Crippen LogP contribution is 2.27. The Labute approximate surface area is 168 Å². The number of anilines is 1. The number of amides is 1. The molecule has 29 heavy (non-hydrogen) atoms. The first-order chi connectivity index (χ1) is 13.9. The maximum absolute atomic E-state index is 12.4. The zero-order chi connectivity index (χ0) is 20.4. The van der Waals surface area contributed by atoms with Crippen molar-refractivity contribution in [1.29, 1.82) is 0 Å². The van der Waals surface area contributed by atoms with E-state index < -0.39 is 9.84 Å². The molecule has 3 aromatic rings. The first kappa shape index (κ1) is 19.1. The highest BCUT2D eigenvalue weighted by Gasteiger charge is 2.31. The Morgan fingerprint density at radius 2 is 2.07 bits per heavy atom. The predicted molar refractivity (Wildman–Crippen MR) is 110 cm³/mol. The number of para-hydroxylation sites is 1. The lowest BCUT2D eigenvalue weighted by Crippen LogP contribution is -2.18. The van der Waals surface area contributed by atoms with Crippen molar-refractivity contribution in [2.24, 2.45) is 0 Å². The monoisotopic (exact) mass is 411 g/mol. The van der Waals surface area contributed by atoms with Crippen LogP contribution in [0.5, 0.6) is 0 Å². The molecule has 0 saturated carbocycles. The number of hydrogen-bond donors (Lipinski definition) is 1. The van der Waals surface area contributed by atoms with Crippen LogP contribution < -0.4 is 5.32 Å². The highest BCUT2D eigenvalue weighted by atomic mass is 32.2. The van der Waals surface area contributed by atoms with Crippen LogP contribution in [0.25, 0.3) is 11.8 Å². The molecule has 1 aromatic carbocycles. The van der Waals surface area contributed by atoms with Gasteiger partial charge in [-0.1, -0.05) is 18.2 Å². The number of nitrogens with zero attached hydrogens (tertiary/aromatic N) is 4. The largest absolute Gasteiger partial charge is 0.307 e. The van der Waals surface area contributed by atoms with Crippen molar-refractivity contribution in [3.63, 3.8) is 0 Å². The summed E-state index contributed by atoms with van der Waals surface area (Å²) < 4.78 is 26.9. The van der Waals surface area contributed by atoms with E-state index in [1.807, 2.05) is 43.5 Å². The summed E-state index contributed by atoms with van der Waals surface area (Å²) in [7, 11) is -3.04. The van der Waals surface area contributed by atoms with Crippen LogP contribution in [0.3, 0.4) is 0 Å². The first-order valence-corrected chi connectivity index (χ1v) is 11.1. The van der Waals surface area contributed by atoms with Crippen LogP contribution in [0.15, 0.2) is 54.9 Å². The molecule has 1 aliphatic rings. The van der Waals surface area contributed by atoms with Gasteiger partial charge in [-0.2, -0.15) is 10.2 Å². The van der Waals surface area contributed by atoms with E-state index in [0.29, 0.717) is 12.2 Å². The van der Waals surface area contributed by atoms with Crippen LogP contribution in [0.2, 0.25) is 0 Å². The van der Waals surface area contributed by atoms with Crippen molar-refractivity contribution in [3.8, 4) is 5.69 Å². The van der Waals surface area contributed by atoms with Gasteiger partial charge in [0.2, 0.25) is 5.91 Å². The SMILES string of the molecule is Cc1cc(NC(=O)C=Cc2cnn(-c3ccccc3)c2)n(C2CCS(=O)(=O)C2)n1. The van der Waals surface area contributed by atoms with E-state index in [4.69, 9.17) is 0 Å². The third kappa shape index (κ3) is 4.45. The second-order valence-corrected chi connectivity index (χ2v) is 9.28. The van der Waals surface area contributed by atoms with Gasteiger partial charge in [-0.05, 0) is 31.6 Å². The minimum atomic E-state index is -3.04. The van der Waals surface area contributed by atoms with Gasteiger partial charge in [0.05, 0.1) is 35.1 Å². The molecule has 150 valence electrons. The van der Waals surface area contributed by atoms with Crippen molar-refractivity contribution in [3.05, 3.63) is 66.1 Å². The number of benzene rings is 1. The number of nitrogens with one attached hydrogen (secondary N) is 1. The van der Waals surface area contributed by atoms with Crippen LogP contribution in [0.4, 0.5) is 5.82 Å². The third-order valence-corrected chi connectivity index (χ3v) is 6.46. The number of aryl methyl sites for hydroxylation is 1. The molecular formula is C20H21N5O3S. The van der Waals surface area contributed by atoms with Gasteiger partial charge in [0, 0.05) is 23.9 Å². The molecule has 3 heterocycles. The van der Waals surface area contributed by atoms with Gasteiger partial charge in [-0.3, -0.25) is 4.79 Å². The molecule has 9 heteroatoms. The second-order valence-electron chi connectivity index (χ2n) is 7.05. The van der Waals surface area contributed by atoms with E-state index in [1.54, 1.807) is 27.7 Å². The fourth-order valence-electron chi connectivity index (χ4n) is 3.34. The Morgan fingerprint density at radius 3 is 2.79 bits per heavy atom. The molecule has 1 N–H and O–H groups in total. The summed E-state index contributed by atoms with van der Waals surface area (Å²) in [5, 5.41) is 11.5. The van der Waals surface area contributed by atoms with Crippen LogP contribution in [-0.2, 0) is 14.6 Å². The number of carbonyl (C=O) groups is 1. The minimum absolute atomic E-state index is 0.0471. The zero-order valence-electron chi connectivity index (χ0n) is 15.9. The Balaban J connectivity index is 1.45. The Morgan fingerprint density at radius 1 is 1.28 bits per heavy atom. The van der Waals surface area contributed by atoms with E-state index in [-0.39, 0.29) is 23.5 Å². The van der Waals surface area contributed by atoms with Crippen LogP contribution >= 0.6 is 0 Å². The molecule has 1 fully saturated rings. The summed E-state index contributed by atoms with van der Waals surface area (Å²) in [4.78, 5) is 12.4. The van der Waals surface area contributed by atoms with Gasteiger partial charge in [0.25, 0.3) is 0 Å². The van der Waals surface area contributed by atoms with Gasteiger partial charge >= 0.3 is 0 Å². The average molecular weight is 411 g/mol. The molecular weight excluding hydrogens is 390 g/mol. The first-order valence-electron chi connectivity index (χ1n) is 9.25. The fourth-order valence-corrected chi connectivity index (χ4v) is 5.03. The van der Waals surface area contributed by atoms with Gasteiger partial charge < -0.3 is 5.32 Å². The van der Waals surface area contributed by atoms with E-state index in [9.17, 15) is 13.2 Å². The lowest BCUT2D eigenvalue weighted by Gasteiger charge is -2.13. The molecule has 1 saturated heterocycles.